The van der Waals surface area contributed by atoms with Crippen LogP contribution in [0.5, 0.6) is 0 Å². The van der Waals surface area contributed by atoms with Crippen LogP contribution in [0.3, 0.4) is 0 Å². The summed E-state index contributed by atoms with van der Waals surface area (Å²) in [7, 11) is 0. The Morgan fingerprint density at radius 1 is 1.24 bits per heavy atom. The lowest BCUT2D eigenvalue weighted by Crippen LogP contribution is -2.44. The van der Waals surface area contributed by atoms with E-state index in [1.807, 2.05) is 11.8 Å². The Balaban J connectivity index is 1.55. The van der Waals surface area contributed by atoms with E-state index < -0.39 is 0 Å². The number of nitrogens with one attached hydrogen (secondary N) is 1. The van der Waals surface area contributed by atoms with E-state index >= 15 is 0 Å². The van der Waals surface area contributed by atoms with Crippen LogP contribution in [0, 0.1) is 5.92 Å². The van der Waals surface area contributed by atoms with Gasteiger partial charge in [0.25, 0.3) is 0 Å². The quantitative estimate of drug-likeness (QED) is 0.898. The lowest BCUT2D eigenvalue weighted by atomic mass is 9.95. The number of amidine groups is 1. The lowest BCUT2D eigenvalue weighted by Gasteiger charge is -2.31. The van der Waals surface area contributed by atoms with Crippen molar-refractivity contribution in [3.63, 3.8) is 0 Å². The van der Waals surface area contributed by atoms with Gasteiger partial charge in [-0.15, -0.1) is 0 Å². The fraction of sp³-hybridized carbons (Fsp3) is 0.611. The van der Waals surface area contributed by atoms with Crippen LogP contribution in [0.15, 0.2) is 35.3 Å². The number of hydrogen-bond donors (Lipinski definition) is 1. The Hall–Kier alpha value is -0.960. The molecule has 1 aromatic carbocycles. The van der Waals surface area contributed by atoms with Gasteiger partial charge in [0.2, 0.25) is 0 Å². The molecule has 2 nitrogen and oxygen atoms in total. The molecule has 3 rings (SSSR count). The fourth-order valence-corrected chi connectivity index (χ4v) is 4.60. The van der Waals surface area contributed by atoms with Gasteiger partial charge in [-0.2, -0.15) is 0 Å². The van der Waals surface area contributed by atoms with Crippen LogP contribution < -0.4 is 5.32 Å². The van der Waals surface area contributed by atoms with Crippen molar-refractivity contribution in [1.82, 2.24) is 5.32 Å². The third-order valence-corrected chi connectivity index (χ3v) is 5.74. The third kappa shape index (κ3) is 4.03. The van der Waals surface area contributed by atoms with Crippen molar-refractivity contribution in [1.29, 1.82) is 0 Å². The minimum atomic E-state index is 0.104. The normalized spacial score (nSPS) is 25.3. The molecule has 2 unspecified atom stereocenters. The summed E-state index contributed by atoms with van der Waals surface area (Å²) >= 11 is 1.93. The summed E-state index contributed by atoms with van der Waals surface area (Å²) in [5, 5.41) is 4.87. The van der Waals surface area contributed by atoms with E-state index in [9.17, 15) is 0 Å². The van der Waals surface area contributed by atoms with Gasteiger partial charge in [0, 0.05) is 11.3 Å². The molecular formula is C18H26N2S. The number of fused-ring (bicyclic) bond motifs is 1. The van der Waals surface area contributed by atoms with Crippen molar-refractivity contribution in [2.75, 3.05) is 5.75 Å². The summed E-state index contributed by atoms with van der Waals surface area (Å²) in [4.78, 5) is 4.95. The Morgan fingerprint density at radius 2 is 2.05 bits per heavy atom. The topological polar surface area (TPSA) is 24.4 Å². The molecule has 0 bridgehead atoms. The van der Waals surface area contributed by atoms with Gasteiger partial charge in [-0.25, -0.2) is 0 Å². The molecule has 0 amide bonds. The molecule has 2 aliphatic rings. The zero-order valence-corrected chi connectivity index (χ0v) is 14.0. The number of nitrogens with zero attached hydrogens (tertiary/aromatic N) is 1. The summed E-state index contributed by atoms with van der Waals surface area (Å²) in [6.45, 7) is 4.58. The molecule has 1 aliphatic heterocycles. The van der Waals surface area contributed by atoms with Crippen LogP contribution >= 0.6 is 11.8 Å². The number of hydrogen-bond acceptors (Lipinski definition) is 3. The smallest absolute Gasteiger partial charge is 0.157 e. The lowest BCUT2D eigenvalue weighted by molar-refractivity contribution is 0.424. The van der Waals surface area contributed by atoms with E-state index in [1.165, 1.54) is 35.7 Å². The Kier molecular flexibility index (Phi) is 4.58. The molecule has 1 aliphatic carbocycles. The molecule has 0 radical (unpaired) electrons. The Bertz CT molecular complexity index is 495. The highest BCUT2D eigenvalue weighted by atomic mass is 32.2. The van der Waals surface area contributed by atoms with Gasteiger partial charge >= 0.3 is 0 Å². The fourth-order valence-electron chi connectivity index (χ4n) is 3.28. The van der Waals surface area contributed by atoms with Crippen molar-refractivity contribution in [2.45, 2.75) is 57.5 Å². The molecular weight excluding hydrogens is 276 g/mol. The van der Waals surface area contributed by atoms with Gasteiger partial charge in [0.05, 0.1) is 6.04 Å². The average molecular weight is 302 g/mol. The van der Waals surface area contributed by atoms with Gasteiger partial charge in [-0.1, -0.05) is 48.5 Å². The van der Waals surface area contributed by atoms with Crippen LogP contribution in [0.1, 0.15) is 45.1 Å². The second kappa shape index (κ2) is 6.43. The first kappa shape index (κ1) is 15.0. The molecule has 1 aromatic rings. The second-order valence-electron chi connectivity index (χ2n) is 7.00. The van der Waals surface area contributed by atoms with E-state index in [2.05, 4.69) is 49.5 Å². The monoisotopic (exact) mass is 302 g/mol. The van der Waals surface area contributed by atoms with Crippen molar-refractivity contribution in [3.8, 4) is 0 Å². The van der Waals surface area contributed by atoms with Crippen LogP contribution in [-0.2, 0) is 6.42 Å². The highest BCUT2D eigenvalue weighted by molar-refractivity contribution is 8.13. The number of aliphatic imine (C=N–C) groups is 1. The summed E-state index contributed by atoms with van der Waals surface area (Å²) in [6, 6.07) is 11.4. The first-order valence-electron chi connectivity index (χ1n) is 8.15. The van der Waals surface area contributed by atoms with E-state index in [0.717, 1.165) is 18.8 Å². The number of aryl methyl sites for hydroxylation is 1. The summed E-state index contributed by atoms with van der Waals surface area (Å²) in [5.41, 5.74) is 1.52. The summed E-state index contributed by atoms with van der Waals surface area (Å²) in [6.07, 6.45) is 6.28. The number of rotatable bonds is 4. The maximum absolute atomic E-state index is 4.95. The molecule has 3 heteroatoms. The van der Waals surface area contributed by atoms with Crippen molar-refractivity contribution >= 4 is 16.9 Å². The van der Waals surface area contributed by atoms with Crippen LogP contribution in [0.25, 0.3) is 0 Å². The molecule has 21 heavy (non-hydrogen) atoms. The Morgan fingerprint density at radius 3 is 2.86 bits per heavy atom. The standard InChI is InChI=1S/C18H26N2S/c1-18(2,12-11-14-7-4-3-5-8-14)20-17-19-16-10-6-9-15(16)13-21-17/h3-5,7-8,15-16H,6,9-13H2,1-2H3,(H,19,20). The van der Waals surface area contributed by atoms with E-state index in [-0.39, 0.29) is 5.54 Å². The summed E-state index contributed by atoms with van der Waals surface area (Å²) < 4.78 is 0. The molecule has 0 aromatic heterocycles. The first-order valence-corrected chi connectivity index (χ1v) is 9.14. The van der Waals surface area contributed by atoms with Crippen molar-refractivity contribution in [3.05, 3.63) is 35.9 Å². The predicted octanol–water partition coefficient (Wildman–Crippen LogP) is 4.26. The van der Waals surface area contributed by atoms with Crippen molar-refractivity contribution < 1.29 is 0 Å². The minimum absolute atomic E-state index is 0.104. The van der Waals surface area contributed by atoms with Gasteiger partial charge in [0.1, 0.15) is 0 Å². The molecule has 0 spiro atoms. The van der Waals surface area contributed by atoms with Gasteiger partial charge in [-0.3, -0.25) is 4.99 Å². The molecule has 1 N–H and O–H groups in total. The van der Waals surface area contributed by atoms with E-state index in [4.69, 9.17) is 4.99 Å². The average Bonchev–Trinajstić information content (AvgIpc) is 2.93. The zero-order valence-electron chi connectivity index (χ0n) is 13.1. The Labute approximate surface area is 132 Å². The van der Waals surface area contributed by atoms with E-state index in [0.29, 0.717) is 6.04 Å². The highest BCUT2D eigenvalue weighted by Gasteiger charge is 2.32. The second-order valence-corrected chi connectivity index (χ2v) is 8.01. The zero-order chi connectivity index (χ0) is 14.7. The maximum Gasteiger partial charge on any atom is 0.157 e. The highest BCUT2D eigenvalue weighted by Crippen LogP contribution is 2.35. The SMILES string of the molecule is CC(C)(CCc1ccccc1)NC1=NC2CCCC2CS1. The minimum Gasteiger partial charge on any atom is -0.360 e. The summed E-state index contributed by atoms with van der Waals surface area (Å²) in [5.74, 6) is 2.10. The van der Waals surface area contributed by atoms with Crippen molar-refractivity contribution in [2.24, 2.45) is 10.9 Å². The maximum atomic E-state index is 4.95. The van der Waals surface area contributed by atoms with E-state index in [1.54, 1.807) is 0 Å². The first-order chi connectivity index (χ1) is 10.1. The van der Waals surface area contributed by atoms with Gasteiger partial charge < -0.3 is 5.32 Å². The third-order valence-electron chi connectivity index (χ3n) is 4.66. The molecule has 1 heterocycles. The van der Waals surface area contributed by atoms with Gasteiger partial charge in [-0.05, 0) is 51.0 Å². The number of thioether (sulfide) groups is 1. The largest absolute Gasteiger partial charge is 0.360 e. The molecule has 2 atom stereocenters. The van der Waals surface area contributed by atoms with Crippen LogP contribution in [0.2, 0.25) is 0 Å². The predicted molar refractivity (Wildman–Crippen MR) is 93.0 cm³/mol. The molecule has 1 fully saturated rings. The van der Waals surface area contributed by atoms with Crippen LogP contribution in [-0.4, -0.2) is 22.5 Å². The van der Waals surface area contributed by atoms with Gasteiger partial charge in [0.15, 0.2) is 5.17 Å². The molecule has 1 saturated carbocycles. The number of benzene rings is 1. The molecule has 0 saturated heterocycles. The molecule has 114 valence electrons. The van der Waals surface area contributed by atoms with Crippen LogP contribution in [0.4, 0.5) is 0 Å².